The molecule has 0 amide bonds. The van der Waals surface area contributed by atoms with Crippen LogP contribution in [-0.2, 0) is 4.74 Å². The molecule has 1 spiro atoms. The van der Waals surface area contributed by atoms with Gasteiger partial charge in [-0.3, -0.25) is 4.90 Å². The molecule has 2 aliphatic rings. The lowest BCUT2D eigenvalue weighted by Gasteiger charge is -2.42. The SMILES string of the molecule is CC(C)N1CCN[C@@]2(CCOC2)C1. The van der Waals surface area contributed by atoms with E-state index in [9.17, 15) is 0 Å². The molecular formula is C10H20N2O. The van der Waals surface area contributed by atoms with E-state index in [0.717, 1.165) is 26.3 Å². The first kappa shape index (κ1) is 9.44. The molecule has 76 valence electrons. The molecule has 2 rings (SSSR count). The predicted octanol–water partition coefficient (Wildman–Crippen LogP) is 0.459. The minimum Gasteiger partial charge on any atom is -0.379 e. The van der Waals surface area contributed by atoms with Gasteiger partial charge in [0.25, 0.3) is 0 Å². The van der Waals surface area contributed by atoms with E-state index in [1.807, 2.05) is 0 Å². The normalized spacial score (nSPS) is 36.2. The number of ether oxygens (including phenoxy) is 1. The first-order valence-corrected chi connectivity index (χ1v) is 5.29. The van der Waals surface area contributed by atoms with Crippen LogP contribution in [0.25, 0.3) is 0 Å². The first-order valence-electron chi connectivity index (χ1n) is 5.29. The zero-order chi connectivity index (χ0) is 9.31. The Morgan fingerprint density at radius 2 is 2.31 bits per heavy atom. The molecule has 13 heavy (non-hydrogen) atoms. The highest BCUT2D eigenvalue weighted by molar-refractivity contribution is 4.98. The summed E-state index contributed by atoms with van der Waals surface area (Å²) in [6.45, 7) is 9.82. The summed E-state index contributed by atoms with van der Waals surface area (Å²) in [7, 11) is 0. The van der Waals surface area contributed by atoms with E-state index in [1.165, 1.54) is 13.0 Å². The van der Waals surface area contributed by atoms with E-state index in [2.05, 4.69) is 24.1 Å². The molecular weight excluding hydrogens is 164 g/mol. The summed E-state index contributed by atoms with van der Waals surface area (Å²) in [5, 5.41) is 3.61. The topological polar surface area (TPSA) is 24.5 Å². The summed E-state index contributed by atoms with van der Waals surface area (Å²) < 4.78 is 5.48. The molecule has 0 aromatic heterocycles. The lowest BCUT2D eigenvalue weighted by molar-refractivity contribution is 0.0868. The zero-order valence-electron chi connectivity index (χ0n) is 8.68. The standard InChI is InChI=1S/C10H20N2O/c1-9(2)12-5-4-11-10(7-12)3-6-13-8-10/h9,11H,3-8H2,1-2H3/t10-/m0/s1. The third-order valence-corrected chi connectivity index (χ3v) is 3.24. The van der Waals surface area contributed by atoms with Crippen LogP contribution < -0.4 is 5.32 Å². The molecule has 1 atom stereocenters. The maximum atomic E-state index is 5.48. The van der Waals surface area contributed by atoms with Crippen molar-refractivity contribution in [3.63, 3.8) is 0 Å². The molecule has 0 aromatic carbocycles. The van der Waals surface area contributed by atoms with Crippen LogP contribution in [0.1, 0.15) is 20.3 Å². The van der Waals surface area contributed by atoms with Gasteiger partial charge in [0, 0.05) is 32.3 Å². The molecule has 1 N–H and O–H groups in total. The van der Waals surface area contributed by atoms with Gasteiger partial charge in [-0.2, -0.15) is 0 Å². The van der Waals surface area contributed by atoms with Crippen LogP contribution in [0.5, 0.6) is 0 Å². The summed E-state index contributed by atoms with van der Waals surface area (Å²) in [6, 6.07) is 0.666. The average Bonchev–Trinajstić information content (AvgIpc) is 2.53. The largest absolute Gasteiger partial charge is 0.379 e. The highest BCUT2D eigenvalue weighted by Crippen LogP contribution is 2.23. The number of hydrogen-bond acceptors (Lipinski definition) is 3. The Morgan fingerprint density at radius 3 is 2.92 bits per heavy atom. The smallest absolute Gasteiger partial charge is 0.0661 e. The maximum absolute atomic E-state index is 5.48. The highest BCUT2D eigenvalue weighted by Gasteiger charge is 2.38. The first-order chi connectivity index (χ1) is 6.22. The number of nitrogens with zero attached hydrogens (tertiary/aromatic N) is 1. The fraction of sp³-hybridized carbons (Fsp3) is 1.00. The van der Waals surface area contributed by atoms with Gasteiger partial charge >= 0.3 is 0 Å². The van der Waals surface area contributed by atoms with Crippen LogP contribution in [0.3, 0.4) is 0 Å². The Morgan fingerprint density at radius 1 is 1.46 bits per heavy atom. The maximum Gasteiger partial charge on any atom is 0.0661 e. The quantitative estimate of drug-likeness (QED) is 0.641. The van der Waals surface area contributed by atoms with E-state index < -0.39 is 0 Å². The molecule has 2 aliphatic heterocycles. The van der Waals surface area contributed by atoms with Crippen LogP contribution in [0.15, 0.2) is 0 Å². The fourth-order valence-electron chi connectivity index (χ4n) is 2.30. The minimum atomic E-state index is 0.280. The molecule has 2 saturated heterocycles. The monoisotopic (exact) mass is 184 g/mol. The van der Waals surface area contributed by atoms with Crippen molar-refractivity contribution in [2.75, 3.05) is 32.8 Å². The van der Waals surface area contributed by atoms with Crippen LogP contribution >= 0.6 is 0 Å². The summed E-state index contributed by atoms with van der Waals surface area (Å²) in [6.07, 6.45) is 1.18. The van der Waals surface area contributed by atoms with Crippen LogP contribution in [0.2, 0.25) is 0 Å². The Balaban J connectivity index is 1.98. The highest BCUT2D eigenvalue weighted by atomic mass is 16.5. The zero-order valence-corrected chi connectivity index (χ0v) is 8.68. The minimum absolute atomic E-state index is 0.280. The molecule has 2 fully saturated rings. The van der Waals surface area contributed by atoms with E-state index in [0.29, 0.717) is 6.04 Å². The molecule has 3 nitrogen and oxygen atoms in total. The lowest BCUT2D eigenvalue weighted by Crippen LogP contribution is -2.62. The number of hydrogen-bond donors (Lipinski definition) is 1. The van der Waals surface area contributed by atoms with Gasteiger partial charge in [0.1, 0.15) is 0 Å². The van der Waals surface area contributed by atoms with E-state index >= 15 is 0 Å². The van der Waals surface area contributed by atoms with Crippen LogP contribution in [0.4, 0.5) is 0 Å². The van der Waals surface area contributed by atoms with Crippen molar-refractivity contribution in [3.8, 4) is 0 Å². The van der Waals surface area contributed by atoms with Crippen molar-refractivity contribution in [1.82, 2.24) is 10.2 Å². The second-order valence-corrected chi connectivity index (χ2v) is 4.57. The third-order valence-electron chi connectivity index (χ3n) is 3.24. The van der Waals surface area contributed by atoms with Gasteiger partial charge in [-0.15, -0.1) is 0 Å². The second-order valence-electron chi connectivity index (χ2n) is 4.57. The van der Waals surface area contributed by atoms with Crippen molar-refractivity contribution in [3.05, 3.63) is 0 Å². The number of piperazine rings is 1. The molecule has 0 saturated carbocycles. The summed E-state index contributed by atoms with van der Waals surface area (Å²) in [5.74, 6) is 0. The summed E-state index contributed by atoms with van der Waals surface area (Å²) in [4.78, 5) is 2.55. The number of rotatable bonds is 1. The van der Waals surface area contributed by atoms with Gasteiger partial charge in [-0.05, 0) is 20.3 Å². The molecule has 0 bridgehead atoms. The van der Waals surface area contributed by atoms with Gasteiger partial charge in [0.2, 0.25) is 0 Å². The Bertz CT molecular complexity index is 176. The van der Waals surface area contributed by atoms with Crippen molar-refractivity contribution in [2.45, 2.75) is 31.8 Å². The Hall–Kier alpha value is -0.120. The fourth-order valence-corrected chi connectivity index (χ4v) is 2.30. The molecule has 3 heteroatoms. The van der Waals surface area contributed by atoms with E-state index in [1.54, 1.807) is 0 Å². The molecule has 2 heterocycles. The predicted molar refractivity (Wildman–Crippen MR) is 52.9 cm³/mol. The molecule has 0 unspecified atom stereocenters. The van der Waals surface area contributed by atoms with Gasteiger partial charge in [0.15, 0.2) is 0 Å². The van der Waals surface area contributed by atoms with E-state index in [-0.39, 0.29) is 5.54 Å². The average molecular weight is 184 g/mol. The van der Waals surface area contributed by atoms with Crippen LogP contribution in [0, 0.1) is 0 Å². The lowest BCUT2D eigenvalue weighted by atomic mass is 9.95. The van der Waals surface area contributed by atoms with Gasteiger partial charge < -0.3 is 10.1 Å². The second kappa shape index (κ2) is 3.56. The van der Waals surface area contributed by atoms with E-state index in [4.69, 9.17) is 4.74 Å². The van der Waals surface area contributed by atoms with Crippen molar-refractivity contribution >= 4 is 0 Å². The molecule has 0 aromatic rings. The summed E-state index contributed by atoms with van der Waals surface area (Å²) >= 11 is 0. The number of nitrogens with one attached hydrogen (secondary N) is 1. The third kappa shape index (κ3) is 1.87. The van der Waals surface area contributed by atoms with Gasteiger partial charge in [-0.1, -0.05) is 0 Å². The van der Waals surface area contributed by atoms with Gasteiger partial charge in [-0.25, -0.2) is 0 Å². The van der Waals surface area contributed by atoms with Gasteiger partial charge in [0.05, 0.1) is 12.1 Å². The van der Waals surface area contributed by atoms with Crippen molar-refractivity contribution in [1.29, 1.82) is 0 Å². The van der Waals surface area contributed by atoms with Crippen molar-refractivity contribution in [2.24, 2.45) is 0 Å². The molecule has 0 aliphatic carbocycles. The Kier molecular flexibility index (Phi) is 2.58. The molecule has 0 radical (unpaired) electrons. The Labute approximate surface area is 80.4 Å². The van der Waals surface area contributed by atoms with Crippen LogP contribution in [-0.4, -0.2) is 49.3 Å². The summed E-state index contributed by atoms with van der Waals surface area (Å²) in [5.41, 5.74) is 0.280. The van der Waals surface area contributed by atoms with Crippen molar-refractivity contribution < 1.29 is 4.74 Å².